The van der Waals surface area contributed by atoms with E-state index in [0.29, 0.717) is 11.4 Å². The van der Waals surface area contributed by atoms with E-state index in [1.165, 1.54) is 13.0 Å². The van der Waals surface area contributed by atoms with Crippen molar-refractivity contribution in [2.24, 2.45) is 0 Å². The van der Waals surface area contributed by atoms with Gasteiger partial charge < -0.3 is 5.32 Å². The summed E-state index contributed by atoms with van der Waals surface area (Å²) in [6.45, 7) is 3.06. The van der Waals surface area contributed by atoms with Crippen LogP contribution in [-0.4, -0.2) is 10.9 Å². The van der Waals surface area contributed by atoms with Crippen molar-refractivity contribution in [2.45, 2.75) is 13.8 Å². The summed E-state index contributed by atoms with van der Waals surface area (Å²) in [6, 6.07) is 1.24. The van der Waals surface area contributed by atoms with Crippen molar-refractivity contribution in [3.05, 3.63) is 23.8 Å². The molecule has 1 aromatic heterocycles. The highest BCUT2D eigenvalue weighted by atomic mass is 19.1. The second-order valence-corrected chi connectivity index (χ2v) is 2.47. The molecule has 0 saturated heterocycles. The molecule has 0 aromatic carbocycles. The van der Waals surface area contributed by atoms with Gasteiger partial charge in [0.05, 0.1) is 17.6 Å². The van der Waals surface area contributed by atoms with Crippen molar-refractivity contribution < 1.29 is 9.18 Å². The lowest BCUT2D eigenvalue weighted by Gasteiger charge is -2.04. The second kappa shape index (κ2) is 3.30. The number of amides is 1. The van der Waals surface area contributed by atoms with Crippen LogP contribution in [0, 0.1) is 12.7 Å². The fourth-order valence-corrected chi connectivity index (χ4v) is 0.824. The Morgan fingerprint density at radius 1 is 1.67 bits per heavy atom. The first-order valence-corrected chi connectivity index (χ1v) is 3.49. The summed E-state index contributed by atoms with van der Waals surface area (Å²) in [5, 5.41) is 2.47. The summed E-state index contributed by atoms with van der Waals surface area (Å²) >= 11 is 0. The fraction of sp³-hybridized carbons (Fsp3) is 0.250. The molecule has 0 radical (unpaired) electrons. The van der Waals surface area contributed by atoms with E-state index in [1.807, 2.05) is 0 Å². The number of pyridine rings is 1. The number of hydrogen-bond acceptors (Lipinski definition) is 2. The van der Waals surface area contributed by atoms with Gasteiger partial charge in [-0.3, -0.25) is 9.78 Å². The monoisotopic (exact) mass is 168 g/mol. The third-order valence-corrected chi connectivity index (χ3v) is 1.36. The van der Waals surface area contributed by atoms with Gasteiger partial charge in [0.2, 0.25) is 5.91 Å². The van der Waals surface area contributed by atoms with Crippen LogP contribution in [0.1, 0.15) is 12.6 Å². The number of nitrogens with zero attached hydrogens (tertiary/aromatic N) is 1. The maximum atomic E-state index is 12.6. The SMILES string of the molecule is CC(=O)Nc1cc(F)cnc1C. The maximum absolute atomic E-state index is 12.6. The van der Waals surface area contributed by atoms with Crippen molar-refractivity contribution >= 4 is 11.6 Å². The van der Waals surface area contributed by atoms with Gasteiger partial charge in [0, 0.05) is 13.0 Å². The molecule has 1 amide bonds. The average molecular weight is 168 g/mol. The Bertz CT molecular complexity index is 312. The van der Waals surface area contributed by atoms with Crippen LogP contribution in [0.15, 0.2) is 12.3 Å². The Morgan fingerprint density at radius 2 is 2.33 bits per heavy atom. The van der Waals surface area contributed by atoms with E-state index in [9.17, 15) is 9.18 Å². The topological polar surface area (TPSA) is 42.0 Å². The number of anilines is 1. The van der Waals surface area contributed by atoms with Crippen LogP contribution < -0.4 is 5.32 Å². The molecule has 1 N–H and O–H groups in total. The highest BCUT2D eigenvalue weighted by Gasteiger charge is 2.02. The Hall–Kier alpha value is -1.45. The second-order valence-electron chi connectivity index (χ2n) is 2.47. The van der Waals surface area contributed by atoms with Crippen molar-refractivity contribution in [1.82, 2.24) is 4.98 Å². The van der Waals surface area contributed by atoms with Crippen molar-refractivity contribution in [3.63, 3.8) is 0 Å². The molecule has 1 heterocycles. The standard InChI is InChI=1S/C8H9FN2O/c1-5-8(11-6(2)12)3-7(9)4-10-5/h3-4H,1-2H3,(H,11,12). The van der Waals surface area contributed by atoms with Gasteiger partial charge in [-0.15, -0.1) is 0 Å². The zero-order valence-corrected chi connectivity index (χ0v) is 6.89. The van der Waals surface area contributed by atoms with Gasteiger partial charge in [-0.05, 0) is 6.92 Å². The molecule has 0 spiro atoms. The predicted molar refractivity (Wildman–Crippen MR) is 43.2 cm³/mol. The van der Waals surface area contributed by atoms with E-state index >= 15 is 0 Å². The van der Waals surface area contributed by atoms with Gasteiger partial charge in [-0.2, -0.15) is 0 Å². The highest BCUT2D eigenvalue weighted by molar-refractivity contribution is 5.89. The van der Waals surface area contributed by atoms with Gasteiger partial charge in [0.15, 0.2) is 0 Å². The smallest absolute Gasteiger partial charge is 0.221 e. The van der Waals surface area contributed by atoms with Gasteiger partial charge in [0.25, 0.3) is 0 Å². The molecule has 0 unspecified atom stereocenters. The first-order chi connectivity index (χ1) is 5.59. The Morgan fingerprint density at radius 3 is 2.92 bits per heavy atom. The molecule has 0 saturated carbocycles. The lowest BCUT2D eigenvalue weighted by molar-refractivity contribution is -0.114. The zero-order chi connectivity index (χ0) is 9.14. The largest absolute Gasteiger partial charge is 0.325 e. The number of carbonyl (C=O) groups is 1. The Balaban J connectivity index is 2.97. The number of hydrogen-bond donors (Lipinski definition) is 1. The molecule has 0 atom stereocenters. The lowest BCUT2D eigenvalue weighted by Crippen LogP contribution is -2.08. The minimum absolute atomic E-state index is 0.231. The van der Waals surface area contributed by atoms with E-state index in [2.05, 4.69) is 10.3 Å². The summed E-state index contributed by atoms with van der Waals surface area (Å²) in [4.78, 5) is 14.4. The summed E-state index contributed by atoms with van der Waals surface area (Å²) in [7, 11) is 0. The quantitative estimate of drug-likeness (QED) is 0.690. The van der Waals surface area contributed by atoms with Crippen molar-refractivity contribution in [3.8, 4) is 0 Å². The van der Waals surface area contributed by atoms with Crippen LogP contribution in [-0.2, 0) is 4.79 Å². The fourth-order valence-electron chi connectivity index (χ4n) is 0.824. The van der Waals surface area contributed by atoms with Crippen LogP contribution in [0.3, 0.4) is 0 Å². The van der Waals surface area contributed by atoms with Crippen LogP contribution in [0.5, 0.6) is 0 Å². The minimum Gasteiger partial charge on any atom is -0.325 e. The number of halogens is 1. The molecular formula is C8H9FN2O. The summed E-state index contributed by atoms with van der Waals surface area (Å²) in [6.07, 6.45) is 1.11. The molecular weight excluding hydrogens is 159 g/mol. The van der Waals surface area contributed by atoms with E-state index < -0.39 is 5.82 Å². The molecule has 0 aliphatic carbocycles. The summed E-state index contributed by atoms with van der Waals surface area (Å²) in [5.74, 6) is -0.685. The molecule has 0 aliphatic rings. The molecule has 12 heavy (non-hydrogen) atoms. The number of aryl methyl sites for hydroxylation is 1. The molecule has 1 rings (SSSR count). The third-order valence-electron chi connectivity index (χ3n) is 1.36. The van der Waals surface area contributed by atoms with Crippen LogP contribution in [0.2, 0.25) is 0 Å². The molecule has 4 heteroatoms. The van der Waals surface area contributed by atoms with Gasteiger partial charge in [0.1, 0.15) is 5.82 Å². The van der Waals surface area contributed by atoms with E-state index in [1.54, 1.807) is 6.92 Å². The molecule has 0 bridgehead atoms. The van der Waals surface area contributed by atoms with Gasteiger partial charge in [-0.25, -0.2) is 4.39 Å². The van der Waals surface area contributed by atoms with E-state index in [4.69, 9.17) is 0 Å². The van der Waals surface area contributed by atoms with Crippen molar-refractivity contribution in [2.75, 3.05) is 5.32 Å². The zero-order valence-electron chi connectivity index (χ0n) is 6.89. The van der Waals surface area contributed by atoms with Crippen molar-refractivity contribution in [1.29, 1.82) is 0 Å². The third kappa shape index (κ3) is 2.02. The summed E-state index contributed by atoms with van der Waals surface area (Å²) in [5.41, 5.74) is 1.02. The van der Waals surface area contributed by atoms with Crippen LogP contribution >= 0.6 is 0 Å². The number of carbonyl (C=O) groups excluding carboxylic acids is 1. The van der Waals surface area contributed by atoms with Crippen LogP contribution in [0.25, 0.3) is 0 Å². The van der Waals surface area contributed by atoms with Gasteiger partial charge >= 0.3 is 0 Å². The maximum Gasteiger partial charge on any atom is 0.221 e. The average Bonchev–Trinajstić information content (AvgIpc) is 1.96. The molecule has 0 fully saturated rings. The highest BCUT2D eigenvalue weighted by Crippen LogP contribution is 2.12. The first kappa shape index (κ1) is 8.64. The minimum atomic E-state index is -0.454. The van der Waals surface area contributed by atoms with Gasteiger partial charge in [-0.1, -0.05) is 0 Å². The number of nitrogens with one attached hydrogen (secondary N) is 1. The van der Waals surface area contributed by atoms with E-state index in [-0.39, 0.29) is 5.91 Å². The number of aromatic nitrogens is 1. The molecule has 1 aromatic rings. The Kier molecular flexibility index (Phi) is 2.38. The predicted octanol–water partition coefficient (Wildman–Crippen LogP) is 1.49. The Labute approximate surface area is 69.6 Å². The molecule has 64 valence electrons. The van der Waals surface area contributed by atoms with Crippen LogP contribution in [0.4, 0.5) is 10.1 Å². The lowest BCUT2D eigenvalue weighted by atomic mass is 10.3. The molecule has 3 nitrogen and oxygen atoms in total. The normalized spacial score (nSPS) is 9.58. The van der Waals surface area contributed by atoms with E-state index in [0.717, 1.165) is 6.20 Å². The number of rotatable bonds is 1. The first-order valence-electron chi connectivity index (χ1n) is 3.49. The molecule has 0 aliphatic heterocycles. The summed E-state index contributed by atoms with van der Waals surface area (Å²) < 4.78 is 12.6.